The van der Waals surface area contributed by atoms with Gasteiger partial charge in [0.1, 0.15) is 0 Å². The van der Waals surface area contributed by atoms with E-state index in [1.165, 1.54) is 24.0 Å². The zero-order chi connectivity index (χ0) is 11.2. The Hall–Kier alpha value is -1.50. The molecular formula is C15H19N. The number of aromatic nitrogens is 1. The molecule has 0 amide bonds. The highest BCUT2D eigenvalue weighted by atomic mass is 14.9. The van der Waals surface area contributed by atoms with Crippen LogP contribution < -0.4 is 0 Å². The smallest absolute Gasteiger partial charge is 0.0260 e. The van der Waals surface area contributed by atoms with Gasteiger partial charge in [-0.15, -0.1) is 0 Å². The summed E-state index contributed by atoms with van der Waals surface area (Å²) in [6.45, 7) is 3.32. The monoisotopic (exact) mass is 213 g/mol. The van der Waals surface area contributed by atoms with Crippen molar-refractivity contribution in [2.24, 2.45) is 0 Å². The van der Waals surface area contributed by atoms with Crippen LogP contribution in [0.2, 0.25) is 0 Å². The Morgan fingerprint density at radius 2 is 1.50 bits per heavy atom. The number of aryl methyl sites for hydroxylation is 3. The molecule has 0 aliphatic heterocycles. The van der Waals surface area contributed by atoms with Crippen LogP contribution in [0.25, 0.3) is 0 Å². The van der Waals surface area contributed by atoms with E-state index in [0.29, 0.717) is 0 Å². The van der Waals surface area contributed by atoms with E-state index in [9.17, 15) is 0 Å². The van der Waals surface area contributed by atoms with Gasteiger partial charge in [-0.2, -0.15) is 0 Å². The summed E-state index contributed by atoms with van der Waals surface area (Å²) in [6.07, 6.45) is 7.80. The summed E-state index contributed by atoms with van der Waals surface area (Å²) in [5.74, 6) is 0. The lowest BCUT2D eigenvalue weighted by Crippen LogP contribution is -2.01. The quantitative estimate of drug-likeness (QED) is 0.714. The van der Waals surface area contributed by atoms with E-state index in [4.69, 9.17) is 0 Å². The summed E-state index contributed by atoms with van der Waals surface area (Å²) in [4.78, 5) is 0. The summed E-state index contributed by atoms with van der Waals surface area (Å²) in [7, 11) is 0. The first-order valence-corrected chi connectivity index (χ1v) is 6.07. The molecule has 0 aliphatic rings. The lowest BCUT2D eigenvalue weighted by molar-refractivity contribution is 0.695. The van der Waals surface area contributed by atoms with Crippen LogP contribution in [0.5, 0.6) is 0 Å². The second kappa shape index (κ2) is 5.55. The zero-order valence-electron chi connectivity index (χ0n) is 9.89. The van der Waals surface area contributed by atoms with E-state index in [1.807, 2.05) is 0 Å². The van der Waals surface area contributed by atoms with Crippen molar-refractivity contribution < 1.29 is 0 Å². The SMILES string of the molecule is CCCc1ccccc1CCn1cccc1. The van der Waals surface area contributed by atoms with Crippen LogP contribution in [-0.2, 0) is 19.4 Å². The Labute approximate surface area is 97.7 Å². The van der Waals surface area contributed by atoms with Crippen molar-refractivity contribution in [2.45, 2.75) is 32.7 Å². The first kappa shape index (κ1) is 11.0. The number of hydrogen-bond acceptors (Lipinski definition) is 0. The lowest BCUT2D eigenvalue weighted by atomic mass is 10.0. The molecule has 0 N–H and O–H groups in total. The highest BCUT2D eigenvalue weighted by Crippen LogP contribution is 2.12. The van der Waals surface area contributed by atoms with Gasteiger partial charge in [-0.05, 0) is 36.1 Å². The Morgan fingerprint density at radius 1 is 0.875 bits per heavy atom. The standard InChI is InChI=1S/C15H19N/c1-2-7-14-8-3-4-9-15(14)10-13-16-11-5-6-12-16/h3-6,8-9,11-12H,2,7,10,13H2,1H3. The highest BCUT2D eigenvalue weighted by Gasteiger charge is 2.00. The molecule has 1 aromatic carbocycles. The first-order valence-electron chi connectivity index (χ1n) is 6.07. The predicted octanol–water partition coefficient (Wildman–Crippen LogP) is 3.68. The van der Waals surface area contributed by atoms with Crippen molar-refractivity contribution in [1.82, 2.24) is 4.57 Å². The van der Waals surface area contributed by atoms with E-state index >= 15 is 0 Å². The van der Waals surface area contributed by atoms with E-state index < -0.39 is 0 Å². The topological polar surface area (TPSA) is 4.93 Å². The fraction of sp³-hybridized carbons (Fsp3) is 0.333. The van der Waals surface area contributed by atoms with Crippen LogP contribution in [0.15, 0.2) is 48.8 Å². The van der Waals surface area contributed by atoms with Crippen LogP contribution in [0.1, 0.15) is 24.5 Å². The molecule has 0 radical (unpaired) electrons. The maximum Gasteiger partial charge on any atom is 0.0260 e. The molecular weight excluding hydrogens is 194 g/mol. The molecule has 1 heteroatoms. The molecule has 0 unspecified atom stereocenters. The minimum Gasteiger partial charge on any atom is -0.354 e. The normalized spacial score (nSPS) is 10.6. The van der Waals surface area contributed by atoms with Crippen LogP contribution in [0, 0.1) is 0 Å². The molecule has 84 valence electrons. The fourth-order valence-corrected chi connectivity index (χ4v) is 2.08. The van der Waals surface area contributed by atoms with Crippen LogP contribution in [0.4, 0.5) is 0 Å². The Morgan fingerprint density at radius 3 is 2.12 bits per heavy atom. The minimum atomic E-state index is 1.08. The first-order chi connectivity index (χ1) is 7.90. The predicted molar refractivity (Wildman–Crippen MR) is 68.6 cm³/mol. The van der Waals surface area contributed by atoms with Gasteiger partial charge in [-0.1, -0.05) is 37.6 Å². The summed E-state index contributed by atoms with van der Waals surface area (Å²) in [5.41, 5.74) is 3.01. The molecule has 0 spiro atoms. The van der Waals surface area contributed by atoms with Gasteiger partial charge in [-0.25, -0.2) is 0 Å². The molecule has 0 saturated carbocycles. The molecule has 0 fully saturated rings. The van der Waals surface area contributed by atoms with Gasteiger partial charge in [0, 0.05) is 18.9 Å². The summed E-state index contributed by atoms with van der Waals surface area (Å²) < 4.78 is 2.24. The number of nitrogens with zero attached hydrogens (tertiary/aromatic N) is 1. The highest BCUT2D eigenvalue weighted by molar-refractivity contribution is 5.27. The third-order valence-corrected chi connectivity index (χ3v) is 2.94. The lowest BCUT2D eigenvalue weighted by Gasteiger charge is -2.09. The molecule has 1 nitrogen and oxygen atoms in total. The molecule has 0 atom stereocenters. The number of hydrogen-bond donors (Lipinski definition) is 0. The van der Waals surface area contributed by atoms with Crippen molar-refractivity contribution in [3.8, 4) is 0 Å². The van der Waals surface area contributed by atoms with Crippen LogP contribution in [0.3, 0.4) is 0 Å². The molecule has 0 saturated heterocycles. The summed E-state index contributed by atoms with van der Waals surface area (Å²) >= 11 is 0. The molecule has 0 aliphatic carbocycles. The van der Waals surface area contributed by atoms with Gasteiger partial charge in [0.05, 0.1) is 0 Å². The fourth-order valence-electron chi connectivity index (χ4n) is 2.08. The third-order valence-electron chi connectivity index (χ3n) is 2.94. The van der Waals surface area contributed by atoms with Gasteiger partial charge >= 0.3 is 0 Å². The average molecular weight is 213 g/mol. The van der Waals surface area contributed by atoms with Crippen molar-refractivity contribution in [1.29, 1.82) is 0 Å². The number of rotatable bonds is 5. The number of benzene rings is 1. The molecule has 2 aromatic rings. The van der Waals surface area contributed by atoms with Gasteiger partial charge in [0.15, 0.2) is 0 Å². The minimum absolute atomic E-state index is 1.08. The molecule has 0 bridgehead atoms. The largest absolute Gasteiger partial charge is 0.354 e. The molecule has 2 rings (SSSR count). The van der Waals surface area contributed by atoms with Crippen molar-refractivity contribution in [3.63, 3.8) is 0 Å². The Balaban J connectivity index is 2.03. The van der Waals surface area contributed by atoms with E-state index in [-0.39, 0.29) is 0 Å². The average Bonchev–Trinajstić information content (AvgIpc) is 2.81. The third kappa shape index (κ3) is 2.75. The maximum absolute atomic E-state index is 2.26. The van der Waals surface area contributed by atoms with Crippen LogP contribution >= 0.6 is 0 Å². The Kier molecular flexibility index (Phi) is 3.81. The van der Waals surface area contributed by atoms with Gasteiger partial charge in [0.2, 0.25) is 0 Å². The molecule has 1 heterocycles. The van der Waals surface area contributed by atoms with Gasteiger partial charge in [0.25, 0.3) is 0 Å². The van der Waals surface area contributed by atoms with Crippen molar-refractivity contribution >= 4 is 0 Å². The van der Waals surface area contributed by atoms with Crippen LogP contribution in [-0.4, -0.2) is 4.57 Å². The zero-order valence-corrected chi connectivity index (χ0v) is 9.89. The van der Waals surface area contributed by atoms with Gasteiger partial charge < -0.3 is 4.57 Å². The second-order valence-electron chi connectivity index (χ2n) is 4.19. The summed E-state index contributed by atoms with van der Waals surface area (Å²) in [6, 6.07) is 13.0. The maximum atomic E-state index is 2.26. The van der Waals surface area contributed by atoms with E-state index in [1.54, 1.807) is 0 Å². The summed E-state index contributed by atoms with van der Waals surface area (Å²) in [5, 5.41) is 0. The Bertz CT molecular complexity index is 415. The molecule has 16 heavy (non-hydrogen) atoms. The van der Waals surface area contributed by atoms with E-state index in [0.717, 1.165) is 13.0 Å². The van der Waals surface area contributed by atoms with Crippen molar-refractivity contribution in [2.75, 3.05) is 0 Å². The van der Waals surface area contributed by atoms with Gasteiger partial charge in [-0.3, -0.25) is 0 Å². The van der Waals surface area contributed by atoms with E-state index in [2.05, 4.69) is 60.3 Å². The molecule has 1 aromatic heterocycles. The van der Waals surface area contributed by atoms with Crippen molar-refractivity contribution in [3.05, 3.63) is 59.9 Å². The second-order valence-corrected chi connectivity index (χ2v) is 4.19.